The second kappa shape index (κ2) is 5.47. The molecule has 98 valence electrons. The van der Waals surface area contributed by atoms with E-state index in [9.17, 15) is 14.0 Å². The Hall–Kier alpha value is -1.13. The molecule has 1 unspecified atom stereocenters. The minimum atomic E-state index is -1.41. The molecule has 4 nitrogen and oxygen atoms in total. The molecule has 1 amide bonds. The van der Waals surface area contributed by atoms with E-state index in [0.717, 1.165) is 25.7 Å². The number of hydrogen-bond acceptors (Lipinski definition) is 2. The van der Waals surface area contributed by atoms with E-state index in [1.807, 2.05) is 13.8 Å². The van der Waals surface area contributed by atoms with Crippen LogP contribution in [0.4, 0.5) is 4.39 Å². The van der Waals surface area contributed by atoms with E-state index in [2.05, 4.69) is 5.32 Å². The fourth-order valence-electron chi connectivity index (χ4n) is 2.39. The van der Waals surface area contributed by atoms with Crippen molar-refractivity contribution in [1.29, 1.82) is 0 Å². The minimum absolute atomic E-state index is 0.303. The number of nitrogens with one attached hydrogen (secondary N) is 1. The van der Waals surface area contributed by atoms with Crippen LogP contribution in [-0.4, -0.2) is 29.7 Å². The van der Waals surface area contributed by atoms with Crippen LogP contribution >= 0.6 is 0 Å². The molecule has 1 aliphatic carbocycles. The van der Waals surface area contributed by atoms with Crippen molar-refractivity contribution in [3.63, 3.8) is 0 Å². The van der Waals surface area contributed by atoms with E-state index in [1.165, 1.54) is 0 Å². The highest BCUT2D eigenvalue weighted by Crippen LogP contribution is 2.46. The molecule has 0 saturated heterocycles. The molecule has 1 saturated carbocycles. The van der Waals surface area contributed by atoms with Crippen LogP contribution in [0.1, 0.15) is 39.5 Å². The number of hydrogen-bond donors (Lipinski definition) is 2. The van der Waals surface area contributed by atoms with Crippen LogP contribution in [0.5, 0.6) is 0 Å². The summed E-state index contributed by atoms with van der Waals surface area (Å²) >= 11 is 0. The summed E-state index contributed by atoms with van der Waals surface area (Å²) in [5.41, 5.74) is -0.461. The van der Waals surface area contributed by atoms with E-state index in [4.69, 9.17) is 5.11 Å². The summed E-state index contributed by atoms with van der Waals surface area (Å²) in [6.45, 7) is 2.98. The van der Waals surface area contributed by atoms with Crippen molar-refractivity contribution in [2.75, 3.05) is 6.67 Å². The maximum atomic E-state index is 12.4. The fraction of sp³-hybridized carbons (Fsp3) is 0.833. The molecule has 0 radical (unpaired) electrons. The van der Waals surface area contributed by atoms with E-state index >= 15 is 0 Å². The number of carbonyl (C=O) groups excluding carboxylic acids is 1. The average Bonchev–Trinajstić information content (AvgIpc) is 2.18. The standard InChI is InChI=1S/C12H20FNO3/c1-8(2)6-12(4-3-5-12)11(17)14-9(7-13)10(15)16/h8-9H,3-7H2,1-2H3,(H,14,17)(H,15,16). The molecule has 1 atom stereocenters. The summed E-state index contributed by atoms with van der Waals surface area (Å²) in [7, 11) is 0. The van der Waals surface area contributed by atoms with Gasteiger partial charge in [-0.15, -0.1) is 0 Å². The third-order valence-electron chi connectivity index (χ3n) is 3.35. The zero-order valence-corrected chi connectivity index (χ0v) is 10.3. The lowest BCUT2D eigenvalue weighted by molar-refractivity contribution is -0.146. The van der Waals surface area contributed by atoms with Crippen LogP contribution in [0.2, 0.25) is 0 Å². The van der Waals surface area contributed by atoms with Gasteiger partial charge in [0.25, 0.3) is 0 Å². The number of carboxylic acids is 1. The highest BCUT2D eigenvalue weighted by molar-refractivity contribution is 5.88. The largest absolute Gasteiger partial charge is 0.480 e. The quantitative estimate of drug-likeness (QED) is 0.749. The predicted octanol–water partition coefficient (Wildman–Crippen LogP) is 1.74. The number of carboxylic acid groups (broad SMARTS) is 1. The first-order valence-corrected chi connectivity index (χ1v) is 6.01. The molecular weight excluding hydrogens is 225 g/mol. The molecule has 0 heterocycles. The Morgan fingerprint density at radius 3 is 2.29 bits per heavy atom. The first kappa shape index (κ1) is 13.9. The molecule has 0 spiro atoms. The van der Waals surface area contributed by atoms with Gasteiger partial charge in [0, 0.05) is 5.41 Å². The second-order valence-electron chi connectivity index (χ2n) is 5.25. The van der Waals surface area contributed by atoms with Crippen molar-refractivity contribution in [3.05, 3.63) is 0 Å². The van der Waals surface area contributed by atoms with Gasteiger partial charge >= 0.3 is 5.97 Å². The van der Waals surface area contributed by atoms with E-state index in [0.29, 0.717) is 5.92 Å². The molecular formula is C12H20FNO3. The Kier molecular flexibility index (Phi) is 4.48. The van der Waals surface area contributed by atoms with Crippen molar-refractivity contribution in [3.8, 4) is 0 Å². The summed E-state index contributed by atoms with van der Waals surface area (Å²) < 4.78 is 12.4. The van der Waals surface area contributed by atoms with Gasteiger partial charge in [0.2, 0.25) is 5.91 Å². The Labute approximate surface area is 101 Å². The number of carbonyl (C=O) groups is 2. The van der Waals surface area contributed by atoms with Crippen LogP contribution < -0.4 is 5.32 Å². The van der Waals surface area contributed by atoms with Crippen molar-refractivity contribution in [2.24, 2.45) is 11.3 Å². The summed E-state index contributed by atoms with van der Waals surface area (Å²) in [4.78, 5) is 22.7. The van der Waals surface area contributed by atoms with Gasteiger partial charge in [0.1, 0.15) is 6.67 Å². The molecule has 1 fully saturated rings. The van der Waals surface area contributed by atoms with Crippen molar-refractivity contribution in [2.45, 2.75) is 45.6 Å². The van der Waals surface area contributed by atoms with E-state index in [1.54, 1.807) is 0 Å². The summed E-state index contributed by atoms with van der Waals surface area (Å²) in [6.07, 6.45) is 3.26. The zero-order valence-electron chi connectivity index (χ0n) is 10.3. The second-order valence-corrected chi connectivity index (χ2v) is 5.25. The van der Waals surface area contributed by atoms with Gasteiger partial charge in [0.05, 0.1) is 0 Å². The van der Waals surface area contributed by atoms with Gasteiger partial charge < -0.3 is 10.4 Å². The van der Waals surface area contributed by atoms with Gasteiger partial charge in [-0.3, -0.25) is 4.79 Å². The highest BCUT2D eigenvalue weighted by Gasteiger charge is 2.45. The fourth-order valence-corrected chi connectivity index (χ4v) is 2.39. The van der Waals surface area contributed by atoms with E-state index < -0.39 is 24.1 Å². The van der Waals surface area contributed by atoms with Gasteiger partial charge in [-0.25, -0.2) is 9.18 Å². The van der Waals surface area contributed by atoms with Gasteiger partial charge in [-0.05, 0) is 25.2 Å². The van der Waals surface area contributed by atoms with Crippen LogP contribution in [0.15, 0.2) is 0 Å². The Morgan fingerprint density at radius 1 is 1.41 bits per heavy atom. The molecule has 5 heteroatoms. The first-order valence-electron chi connectivity index (χ1n) is 6.01. The van der Waals surface area contributed by atoms with Crippen LogP contribution in [0.3, 0.4) is 0 Å². The van der Waals surface area contributed by atoms with Crippen molar-refractivity contribution < 1.29 is 19.1 Å². The number of rotatable bonds is 6. The average molecular weight is 245 g/mol. The third-order valence-corrected chi connectivity index (χ3v) is 3.35. The third kappa shape index (κ3) is 3.17. The monoisotopic (exact) mass is 245 g/mol. The molecule has 0 aromatic heterocycles. The lowest BCUT2D eigenvalue weighted by Gasteiger charge is -2.42. The van der Waals surface area contributed by atoms with Crippen LogP contribution in [-0.2, 0) is 9.59 Å². The Balaban J connectivity index is 2.63. The smallest absolute Gasteiger partial charge is 0.328 e. The van der Waals surface area contributed by atoms with E-state index in [-0.39, 0.29) is 5.91 Å². The SMILES string of the molecule is CC(C)CC1(C(=O)NC(CF)C(=O)O)CCC1. The highest BCUT2D eigenvalue weighted by atomic mass is 19.1. The van der Waals surface area contributed by atoms with Crippen molar-refractivity contribution >= 4 is 11.9 Å². The zero-order chi connectivity index (χ0) is 13.1. The summed E-state index contributed by atoms with van der Waals surface area (Å²) in [6, 6.07) is -1.41. The summed E-state index contributed by atoms with van der Waals surface area (Å²) in [5, 5.41) is 11.0. The number of alkyl halides is 1. The number of halogens is 1. The molecule has 2 N–H and O–H groups in total. The molecule has 0 bridgehead atoms. The number of aliphatic carboxylic acids is 1. The normalized spacial score (nSPS) is 19.5. The molecule has 1 aliphatic rings. The maximum Gasteiger partial charge on any atom is 0.328 e. The number of amides is 1. The van der Waals surface area contributed by atoms with Crippen LogP contribution in [0.25, 0.3) is 0 Å². The van der Waals surface area contributed by atoms with Gasteiger partial charge in [0.15, 0.2) is 6.04 Å². The molecule has 0 aromatic carbocycles. The molecule has 0 aromatic rings. The van der Waals surface area contributed by atoms with Crippen LogP contribution in [0, 0.1) is 11.3 Å². The molecule has 17 heavy (non-hydrogen) atoms. The Morgan fingerprint density at radius 2 is 2.00 bits per heavy atom. The maximum absolute atomic E-state index is 12.4. The Bertz CT molecular complexity index is 300. The first-order chi connectivity index (χ1) is 7.91. The lowest BCUT2D eigenvalue weighted by atomic mass is 9.64. The predicted molar refractivity (Wildman–Crippen MR) is 61.3 cm³/mol. The summed E-state index contributed by atoms with van der Waals surface area (Å²) in [5.74, 6) is -1.25. The van der Waals surface area contributed by atoms with Gasteiger partial charge in [-0.2, -0.15) is 0 Å². The molecule has 1 rings (SSSR count). The van der Waals surface area contributed by atoms with Gasteiger partial charge in [-0.1, -0.05) is 20.3 Å². The lowest BCUT2D eigenvalue weighted by Crippen LogP contribution is -2.52. The molecule has 0 aliphatic heterocycles. The minimum Gasteiger partial charge on any atom is -0.480 e. The topological polar surface area (TPSA) is 66.4 Å². The van der Waals surface area contributed by atoms with Crippen molar-refractivity contribution in [1.82, 2.24) is 5.32 Å².